The fourth-order valence-corrected chi connectivity index (χ4v) is 13.0. The second-order valence-corrected chi connectivity index (χ2v) is 26.6. The number of aromatic nitrogens is 5. The molecule has 10 aromatic carbocycles. The molecule has 10 nitrogen and oxygen atoms in total. The molecule has 0 saturated carbocycles. The molecule has 5 aromatic heterocycles. The van der Waals surface area contributed by atoms with Crippen molar-refractivity contribution in [2.75, 3.05) is 26.6 Å². The van der Waals surface area contributed by atoms with Gasteiger partial charge in [0.05, 0.1) is 56.9 Å². The number of nitrogens with zero attached hydrogens (tertiary/aromatic N) is 5. The number of nitrogens with one attached hydrogen (secondary N) is 5. The van der Waals surface area contributed by atoms with Crippen molar-refractivity contribution < 1.29 is 30.7 Å². The minimum absolute atomic E-state index is 0.237. The molecule has 0 fully saturated rings. The maximum atomic E-state index is 13.6. The fraction of sp³-hybridized carbons (Fsp3) is 0.0506. The average molecular weight is 1440 g/mol. The Labute approximate surface area is 599 Å². The monoisotopic (exact) mass is 1440 g/mol. The van der Waals surface area contributed by atoms with Crippen molar-refractivity contribution in [3.63, 3.8) is 0 Å². The van der Waals surface area contributed by atoms with E-state index in [1.807, 2.05) is 63.3 Å². The Bertz CT molecular complexity index is 4650. The molecule has 22 heteroatoms. The minimum atomic E-state index is -0.328. The summed E-state index contributed by atoms with van der Waals surface area (Å²) in [6.07, 6.45) is 0. The summed E-state index contributed by atoms with van der Waals surface area (Å²) in [4.78, 5) is 22.2. The molecule has 0 amide bonds. The van der Waals surface area contributed by atoms with Crippen LogP contribution < -0.4 is 26.6 Å². The van der Waals surface area contributed by atoms with Crippen LogP contribution in [0.5, 0.6) is 0 Å². The van der Waals surface area contributed by atoms with E-state index in [2.05, 4.69) is 109 Å². The lowest BCUT2D eigenvalue weighted by Crippen LogP contribution is -1.92. The Morgan fingerprint density at radius 2 is 0.455 bits per heavy atom. The molecular formula is C79H61F7N10S5. The van der Waals surface area contributed by atoms with E-state index in [9.17, 15) is 30.7 Å². The molecule has 15 rings (SSSR count). The molecule has 0 bridgehead atoms. The van der Waals surface area contributed by atoms with E-state index < -0.39 is 0 Å². The molecule has 506 valence electrons. The lowest BCUT2D eigenvalue weighted by molar-refractivity contribution is 0.618. The number of halogens is 7. The molecule has 0 aliphatic carbocycles. The van der Waals surface area contributed by atoms with Gasteiger partial charge in [0.25, 0.3) is 0 Å². The Balaban J connectivity index is 0.000000127. The van der Waals surface area contributed by atoms with Crippen molar-refractivity contribution in [3.8, 4) is 56.3 Å². The van der Waals surface area contributed by atoms with E-state index in [0.29, 0.717) is 59.7 Å². The fourth-order valence-electron chi connectivity index (χ4n) is 9.31. The van der Waals surface area contributed by atoms with Crippen LogP contribution in [0.25, 0.3) is 56.3 Å². The second kappa shape index (κ2) is 34.6. The molecule has 0 radical (unpaired) electrons. The Hall–Kier alpha value is -11.1. The third-order valence-corrected chi connectivity index (χ3v) is 18.5. The lowest BCUT2D eigenvalue weighted by Gasteiger charge is -2.03. The van der Waals surface area contributed by atoms with Crippen LogP contribution in [0.4, 0.5) is 84.8 Å². The number of para-hydroxylation sites is 5. The largest absolute Gasteiger partial charge is 0.329 e. The highest BCUT2D eigenvalue weighted by Crippen LogP contribution is 2.34. The SMILES string of the molecule is Cc1cc(-c2csc(Nc3ccccc3F)n2)ccc1F.Cc1ccc(-c2csc(Nc3ccccc3F)n2)cc1.Cc1ccc(-c2csc(Nc3ccccc3F)n2)cc1.Cc1ccc(-c2csc(Nc3ccccc3F)n2)cc1.Fc1ccc(-c2csc(Nc3ccccc3F)n2)cc1. The smallest absolute Gasteiger partial charge is 0.187 e. The van der Waals surface area contributed by atoms with Gasteiger partial charge in [-0.3, -0.25) is 0 Å². The summed E-state index contributed by atoms with van der Waals surface area (Å²) in [7, 11) is 0. The number of anilines is 10. The van der Waals surface area contributed by atoms with E-state index in [1.165, 1.54) is 122 Å². The Morgan fingerprint density at radius 1 is 0.238 bits per heavy atom. The van der Waals surface area contributed by atoms with Gasteiger partial charge in [-0.2, -0.15) is 0 Å². The third kappa shape index (κ3) is 20.3. The molecule has 0 atom stereocenters. The predicted octanol–water partition coefficient (Wildman–Crippen LogP) is 25.0. The van der Waals surface area contributed by atoms with Gasteiger partial charge in [0.15, 0.2) is 25.7 Å². The summed E-state index contributed by atoms with van der Waals surface area (Å²) >= 11 is 7.13. The maximum absolute atomic E-state index is 13.6. The van der Waals surface area contributed by atoms with Crippen LogP contribution in [0, 0.1) is 68.4 Å². The zero-order valence-electron chi connectivity index (χ0n) is 54.3. The number of benzene rings is 10. The van der Waals surface area contributed by atoms with Crippen molar-refractivity contribution in [1.82, 2.24) is 24.9 Å². The number of hydrogen-bond donors (Lipinski definition) is 5. The molecule has 15 aromatic rings. The summed E-state index contributed by atoms with van der Waals surface area (Å²) in [6.45, 7) is 7.87. The van der Waals surface area contributed by atoms with Gasteiger partial charge in [0.1, 0.15) is 40.7 Å². The maximum Gasteiger partial charge on any atom is 0.187 e. The molecule has 0 saturated heterocycles. The molecule has 5 N–H and O–H groups in total. The summed E-state index contributed by atoms with van der Waals surface area (Å²) in [5.74, 6) is -2.01. The van der Waals surface area contributed by atoms with Crippen LogP contribution in [0.3, 0.4) is 0 Å². The van der Waals surface area contributed by atoms with Crippen LogP contribution in [0.15, 0.2) is 263 Å². The van der Waals surface area contributed by atoms with Crippen molar-refractivity contribution in [2.24, 2.45) is 0 Å². The first kappa shape index (κ1) is 71.2. The van der Waals surface area contributed by atoms with E-state index >= 15 is 0 Å². The van der Waals surface area contributed by atoms with Gasteiger partial charge in [-0.05, 0) is 136 Å². The van der Waals surface area contributed by atoms with E-state index in [0.717, 1.165) is 56.3 Å². The van der Waals surface area contributed by atoms with Crippen molar-refractivity contribution in [3.05, 3.63) is 326 Å². The van der Waals surface area contributed by atoms with Crippen LogP contribution in [0.2, 0.25) is 0 Å². The van der Waals surface area contributed by atoms with Gasteiger partial charge < -0.3 is 26.6 Å². The molecular weight excluding hydrogens is 1380 g/mol. The van der Waals surface area contributed by atoms with Crippen molar-refractivity contribution in [1.29, 1.82) is 0 Å². The summed E-state index contributed by atoms with van der Waals surface area (Å²) in [5.41, 5.74) is 15.3. The van der Waals surface area contributed by atoms with E-state index in [1.54, 1.807) is 122 Å². The highest BCUT2D eigenvalue weighted by Gasteiger charge is 2.14. The first-order chi connectivity index (χ1) is 49.0. The van der Waals surface area contributed by atoms with E-state index in [-0.39, 0.29) is 40.7 Å². The average Bonchev–Trinajstić information content (AvgIpc) is 1.72. The lowest BCUT2D eigenvalue weighted by atomic mass is 10.1. The Kier molecular flexibility index (Phi) is 24.4. The number of aryl methyl sites for hydroxylation is 4. The summed E-state index contributed by atoms with van der Waals surface area (Å²) in [6, 6.07) is 68.1. The van der Waals surface area contributed by atoms with E-state index in [4.69, 9.17) is 0 Å². The summed E-state index contributed by atoms with van der Waals surface area (Å²) in [5, 5.41) is 27.7. The minimum Gasteiger partial charge on any atom is -0.329 e. The number of thiazole rings is 5. The number of rotatable bonds is 15. The topological polar surface area (TPSA) is 125 Å². The van der Waals surface area contributed by atoms with Crippen molar-refractivity contribution >= 4 is 111 Å². The van der Waals surface area contributed by atoms with Gasteiger partial charge in [0.2, 0.25) is 0 Å². The zero-order chi connectivity index (χ0) is 70.6. The first-order valence-electron chi connectivity index (χ1n) is 31.1. The highest BCUT2D eigenvalue weighted by molar-refractivity contribution is 7.15. The van der Waals surface area contributed by atoms with Crippen LogP contribution in [-0.2, 0) is 0 Å². The van der Waals surface area contributed by atoms with Gasteiger partial charge >= 0.3 is 0 Å². The van der Waals surface area contributed by atoms with Crippen molar-refractivity contribution in [2.45, 2.75) is 27.7 Å². The molecule has 0 aliphatic rings. The predicted molar refractivity (Wildman–Crippen MR) is 405 cm³/mol. The normalized spacial score (nSPS) is 10.5. The third-order valence-electron chi connectivity index (χ3n) is 14.7. The second-order valence-electron chi connectivity index (χ2n) is 22.3. The van der Waals surface area contributed by atoms with Crippen LogP contribution >= 0.6 is 56.7 Å². The quantitative estimate of drug-likeness (QED) is 0.0634. The molecule has 5 heterocycles. The Morgan fingerprint density at radius 3 is 0.693 bits per heavy atom. The van der Waals surface area contributed by atoms with Crippen LogP contribution in [-0.4, -0.2) is 24.9 Å². The molecule has 101 heavy (non-hydrogen) atoms. The van der Waals surface area contributed by atoms with Gasteiger partial charge in [-0.25, -0.2) is 55.7 Å². The standard InChI is InChI=1S/C16H12F2N2S.3C16H13FN2S.C15H10F2N2S/c1-10-8-11(6-7-12(10)17)15-9-21-16(20-15)19-14-5-3-2-4-13(14)18;3*1-11-6-8-12(9-7-11)15-10-20-16(19-15)18-14-5-3-2-4-13(14)17;16-11-7-5-10(6-8-11)14-9-20-15(19-14)18-13-4-2-1-3-12(13)17/h2-9H,1H3,(H,19,20);3*2-10H,1H3,(H,18,19);1-9H,(H,18,19). The van der Waals surface area contributed by atoms with Crippen LogP contribution in [0.1, 0.15) is 22.3 Å². The molecule has 0 unspecified atom stereocenters. The first-order valence-corrected chi connectivity index (χ1v) is 35.5. The molecule has 0 aliphatic heterocycles. The highest BCUT2D eigenvalue weighted by atomic mass is 32.1. The van der Waals surface area contributed by atoms with Gasteiger partial charge in [0, 0.05) is 54.7 Å². The zero-order valence-corrected chi connectivity index (χ0v) is 58.4. The van der Waals surface area contributed by atoms with Gasteiger partial charge in [-0.15, -0.1) is 56.7 Å². The summed E-state index contributed by atoms with van der Waals surface area (Å²) < 4.78 is 93.9. The van der Waals surface area contributed by atoms with Gasteiger partial charge in [-0.1, -0.05) is 150 Å². The molecule has 0 spiro atoms. The number of hydrogen-bond acceptors (Lipinski definition) is 15.